The Morgan fingerprint density at radius 2 is 1.95 bits per heavy atom. The molecule has 0 N–H and O–H groups in total. The molecule has 112 valence electrons. The number of amides is 2. The highest BCUT2D eigenvalue weighted by Crippen LogP contribution is 2.19. The van der Waals surface area contributed by atoms with Crippen molar-refractivity contribution in [2.75, 3.05) is 6.61 Å². The normalized spacial score (nSPS) is 17.7. The molecule has 1 aromatic rings. The topological polar surface area (TPSA) is 63.7 Å². The molecule has 2 rings (SSSR count). The molecule has 0 radical (unpaired) electrons. The number of carbonyl (C=O) groups is 3. The Morgan fingerprint density at radius 3 is 2.62 bits per heavy atom. The molecule has 1 unspecified atom stereocenters. The van der Waals surface area contributed by atoms with Crippen LogP contribution in [0, 0.1) is 0 Å². The molecule has 0 saturated carbocycles. The first kappa shape index (κ1) is 15.2. The fourth-order valence-electron chi connectivity index (χ4n) is 2.41. The van der Waals surface area contributed by atoms with Crippen LogP contribution in [0.5, 0.6) is 0 Å². The smallest absolute Gasteiger partial charge is 0.416 e. The second-order valence-electron chi connectivity index (χ2n) is 5.24. The van der Waals surface area contributed by atoms with Gasteiger partial charge in [0.05, 0.1) is 6.04 Å². The summed E-state index contributed by atoms with van der Waals surface area (Å²) in [7, 11) is 0. The van der Waals surface area contributed by atoms with Gasteiger partial charge in [-0.15, -0.1) is 0 Å². The van der Waals surface area contributed by atoms with Crippen LogP contribution in [0.4, 0.5) is 4.79 Å². The maximum absolute atomic E-state index is 12.2. The van der Waals surface area contributed by atoms with Gasteiger partial charge in [0.25, 0.3) is 0 Å². The van der Waals surface area contributed by atoms with E-state index in [4.69, 9.17) is 4.74 Å². The second-order valence-corrected chi connectivity index (χ2v) is 5.24. The maximum atomic E-state index is 12.2. The Morgan fingerprint density at radius 1 is 1.24 bits per heavy atom. The third kappa shape index (κ3) is 4.15. The third-order valence-electron chi connectivity index (χ3n) is 3.46. The SMILES string of the molecule is CC(=O)CCCC(=O)N1C(=O)OCC1Cc1ccccc1. The fraction of sp³-hybridized carbons (Fsp3) is 0.438. The van der Waals surface area contributed by atoms with Crippen LogP contribution in [0.25, 0.3) is 0 Å². The van der Waals surface area contributed by atoms with Gasteiger partial charge in [-0.3, -0.25) is 4.79 Å². The molecule has 1 atom stereocenters. The summed E-state index contributed by atoms with van der Waals surface area (Å²) in [5.41, 5.74) is 1.06. The molecule has 2 amide bonds. The second kappa shape index (κ2) is 7.02. The Kier molecular flexibility index (Phi) is 5.09. The lowest BCUT2D eigenvalue weighted by atomic mass is 10.1. The number of ketones is 1. The molecule has 1 heterocycles. The molecule has 21 heavy (non-hydrogen) atoms. The van der Waals surface area contributed by atoms with Crippen LogP contribution in [0.3, 0.4) is 0 Å². The standard InChI is InChI=1S/C16H19NO4/c1-12(18)6-5-9-15(19)17-14(11-21-16(17)20)10-13-7-3-2-4-8-13/h2-4,7-8,14H,5-6,9-11H2,1H3. The van der Waals surface area contributed by atoms with E-state index < -0.39 is 6.09 Å². The minimum atomic E-state index is -0.580. The lowest BCUT2D eigenvalue weighted by Crippen LogP contribution is -2.40. The highest BCUT2D eigenvalue weighted by Gasteiger charge is 2.37. The summed E-state index contributed by atoms with van der Waals surface area (Å²) >= 11 is 0. The molecular formula is C16H19NO4. The molecule has 1 fully saturated rings. The molecule has 1 saturated heterocycles. The summed E-state index contributed by atoms with van der Waals surface area (Å²) < 4.78 is 5.00. The van der Waals surface area contributed by atoms with Gasteiger partial charge in [0.15, 0.2) is 0 Å². The zero-order valence-electron chi connectivity index (χ0n) is 12.1. The fourth-order valence-corrected chi connectivity index (χ4v) is 2.41. The lowest BCUT2D eigenvalue weighted by Gasteiger charge is -2.19. The van der Waals surface area contributed by atoms with Gasteiger partial charge in [0.2, 0.25) is 5.91 Å². The Bertz CT molecular complexity index is 526. The van der Waals surface area contributed by atoms with Gasteiger partial charge in [-0.1, -0.05) is 30.3 Å². The molecule has 5 heteroatoms. The van der Waals surface area contributed by atoms with E-state index in [-0.39, 0.29) is 30.8 Å². The van der Waals surface area contributed by atoms with Crippen molar-refractivity contribution in [2.24, 2.45) is 0 Å². The number of ether oxygens (including phenoxy) is 1. The first-order valence-electron chi connectivity index (χ1n) is 7.10. The molecule has 1 aliphatic heterocycles. The zero-order valence-corrected chi connectivity index (χ0v) is 12.1. The molecule has 5 nitrogen and oxygen atoms in total. The van der Waals surface area contributed by atoms with Crippen molar-refractivity contribution >= 4 is 17.8 Å². The lowest BCUT2D eigenvalue weighted by molar-refractivity contribution is -0.129. The summed E-state index contributed by atoms with van der Waals surface area (Å²) in [6.45, 7) is 1.72. The number of hydrogen-bond donors (Lipinski definition) is 0. The van der Waals surface area contributed by atoms with Gasteiger partial charge in [0.1, 0.15) is 12.4 Å². The van der Waals surface area contributed by atoms with Gasteiger partial charge >= 0.3 is 6.09 Å². The van der Waals surface area contributed by atoms with Crippen molar-refractivity contribution in [1.82, 2.24) is 4.90 Å². The molecular weight excluding hydrogens is 270 g/mol. The predicted molar refractivity (Wildman–Crippen MR) is 76.7 cm³/mol. The largest absolute Gasteiger partial charge is 0.447 e. The average Bonchev–Trinajstić information content (AvgIpc) is 2.80. The Balaban J connectivity index is 1.96. The van der Waals surface area contributed by atoms with Crippen molar-refractivity contribution in [3.05, 3.63) is 35.9 Å². The van der Waals surface area contributed by atoms with Gasteiger partial charge in [-0.25, -0.2) is 9.69 Å². The van der Waals surface area contributed by atoms with E-state index in [0.717, 1.165) is 5.56 Å². The summed E-state index contributed by atoms with van der Waals surface area (Å²) in [5.74, 6) is -0.215. The van der Waals surface area contributed by atoms with Crippen molar-refractivity contribution in [2.45, 2.75) is 38.6 Å². The van der Waals surface area contributed by atoms with Crippen molar-refractivity contribution in [1.29, 1.82) is 0 Å². The van der Waals surface area contributed by atoms with Gasteiger partial charge in [-0.2, -0.15) is 0 Å². The number of hydrogen-bond acceptors (Lipinski definition) is 4. The minimum Gasteiger partial charge on any atom is -0.447 e. The van der Waals surface area contributed by atoms with Gasteiger partial charge < -0.3 is 9.53 Å². The zero-order chi connectivity index (χ0) is 15.2. The third-order valence-corrected chi connectivity index (χ3v) is 3.46. The number of nitrogens with zero attached hydrogens (tertiary/aromatic N) is 1. The molecule has 1 aliphatic rings. The van der Waals surface area contributed by atoms with Crippen molar-refractivity contribution < 1.29 is 19.1 Å². The molecule has 0 bridgehead atoms. The highest BCUT2D eigenvalue weighted by molar-refractivity contribution is 5.93. The highest BCUT2D eigenvalue weighted by atomic mass is 16.6. The summed E-state index contributed by atoms with van der Waals surface area (Å²) in [6, 6.07) is 9.43. The van der Waals surface area contributed by atoms with E-state index in [1.165, 1.54) is 11.8 Å². The first-order valence-corrected chi connectivity index (χ1v) is 7.10. The number of rotatable bonds is 6. The number of carbonyl (C=O) groups excluding carboxylic acids is 3. The van der Waals surface area contributed by atoms with Crippen LogP contribution in [0.2, 0.25) is 0 Å². The van der Waals surface area contributed by atoms with Gasteiger partial charge in [0, 0.05) is 12.8 Å². The summed E-state index contributed by atoms with van der Waals surface area (Å²) in [4.78, 5) is 36.0. The van der Waals surface area contributed by atoms with Gasteiger partial charge in [-0.05, 0) is 25.3 Å². The minimum absolute atomic E-state index is 0.0487. The van der Waals surface area contributed by atoms with E-state index in [9.17, 15) is 14.4 Å². The van der Waals surface area contributed by atoms with Crippen LogP contribution < -0.4 is 0 Å². The van der Waals surface area contributed by atoms with Crippen molar-refractivity contribution in [3.63, 3.8) is 0 Å². The van der Waals surface area contributed by atoms with Crippen LogP contribution in [-0.2, 0) is 20.7 Å². The van der Waals surface area contributed by atoms with Crippen LogP contribution in [-0.4, -0.2) is 35.3 Å². The Labute approximate surface area is 123 Å². The number of cyclic esters (lactones) is 1. The molecule has 0 aromatic heterocycles. The van der Waals surface area contributed by atoms with E-state index in [1.54, 1.807) is 0 Å². The average molecular weight is 289 g/mol. The van der Waals surface area contributed by atoms with Crippen LogP contribution in [0.15, 0.2) is 30.3 Å². The van der Waals surface area contributed by atoms with Crippen LogP contribution in [0.1, 0.15) is 31.7 Å². The molecule has 0 aliphatic carbocycles. The van der Waals surface area contributed by atoms with Crippen molar-refractivity contribution in [3.8, 4) is 0 Å². The summed E-state index contributed by atoms with van der Waals surface area (Å²) in [6.07, 6.45) is 1.03. The monoisotopic (exact) mass is 289 g/mol. The molecule has 1 aromatic carbocycles. The van der Waals surface area contributed by atoms with E-state index >= 15 is 0 Å². The van der Waals surface area contributed by atoms with E-state index in [2.05, 4.69) is 0 Å². The Hall–Kier alpha value is -2.17. The quantitative estimate of drug-likeness (QED) is 0.806. The van der Waals surface area contributed by atoms with E-state index in [1.807, 2.05) is 30.3 Å². The first-order chi connectivity index (χ1) is 10.1. The van der Waals surface area contributed by atoms with Crippen LogP contribution >= 0.6 is 0 Å². The number of benzene rings is 1. The van der Waals surface area contributed by atoms with E-state index in [0.29, 0.717) is 19.3 Å². The number of imide groups is 1. The maximum Gasteiger partial charge on any atom is 0.416 e. The summed E-state index contributed by atoms with van der Waals surface area (Å²) in [5, 5.41) is 0. The molecule has 0 spiro atoms. The number of Topliss-reactive ketones (excluding diaryl/α,β-unsaturated/α-hetero) is 1. The predicted octanol–water partition coefficient (Wildman–Crippen LogP) is 2.34.